The van der Waals surface area contributed by atoms with Crippen LogP contribution in [0.1, 0.15) is 16.1 Å². The SMILES string of the molecule is O=C(c1ccc(F)cc1)c1cn(-c2ccccc2-c2ccccc2)cn1. The Bertz CT molecular complexity index is 1050. The van der Waals surface area contributed by atoms with Crippen LogP contribution in [0, 0.1) is 5.82 Å². The number of aromatic nitrogens is 2. The quantitative estimate of drug-likeness (QED) is 0.494. The molecule has 0 aliphatic heterocycles. The third kappa shape index (κ3) is 3.05. The Kier molecular flexibility index (Phi) is 4.15. The smallest absolute Gasteiger partial charge is 0.212 e. The van der Waals surface area contributed by atoms with E-state index in [9.17, 15) is 9.18 Å². The maximum absolute atomic E-state index is 13.1. The molecule has 0 unspecified atom stereocenters. The molecule has 0 spiro atoms. The highest BCUT2D eigenvalue weighted by Crippen LogP contribution is 2.26. The monoisotopic (exact) mass is 342 g/mol. The molecule has 4 rings (SSSR count). The van der Waals surface area contributed by atoms with Gasteiger partial charge in [-0.05, 0) is 35.9 Å². The number of carbonyl (C=O) groups excluding carboxylic acids is 1. The fraction of sp³-hybridized carbons (Fsp3) is 0. The van der Waals surface area contributed by atoms with Crippen LogP contribution in [0.25, 0.3) is 16.8 Å². The van der Waals surface area contributed by atoms with Gasteiger partial charge in [0.2, 0.25) is 5.78 Å². The second-order valence-corrected chi connectivity index (χ2v) is 5.89. The summed E-state index contributed by atoms with van der Waals surface area (Å²) in [6.07, 6.45) is 3.33. The normalized spacial score (nSPS) is 10.7. The molecule has 0 saturated carbocycles. The number of halogens is 1. The Hall–Kier alpha value is -3.53. The molecule has 1 aromatic heterocycles. The number of carbonyl (C=O) groups is 1. The van der Waals surface area contributed by atoms with Crippen molar-refractivity contribution in [2.24, 2.45) is 0 Å². The predicted octanol–water partition coefficient (Wildman–Crippen LogP) is 4.91. The Balaban J connectivity index is 1.71. The summed E-state index contributed by atoms with van der Waals surface area (Å²) < 4.78 is 14.9. The van der Waals surface area contributed by atoms with E-state index < -0.39 is 0 Å². The van der Waals surface area contributed by atoms with E-state index in [4.69, 9.17) is 0 Å². The minimum absolute atomic E-state index is 0.235. The van der Waals surface area contributed by atoms with Crippen molar-refractivity contribution in [3.05, 3.63) is 108 Å². The van der Waals surface area contributed by atoms with Gasteiger partial charge in [-0.25, -0.2) is 9.37 Å². The van der Waals surface area contributed by atoms with E-state index in [1.54, 1.807) is 12.5 Å². The maximum atomic E-state index is 13.1. The summed E-state index contributed by atoms with van der Waals surface area (Å²) in [4.78, 5) is 16.8. The van der Waals surface area contributed by atoms with Gasteiger partial charge in [-0.2, -0.15) is 0 Å². The Labute approximate surface area is 150 Å². The number of nitrogens with zero attached hydrogens (tertiary/aromatic N) is 2. The van der Waals surface area contributed by atoms with Gasteiger partial charge in [0, 0.05) is 17.3 Å². The van der Waals surface area contributed by atoms with E-state index in [0.717, 1.165) is 16.8 Å². The second-order valence-electron chi connectivity index (χ2n) is 5.89. The van der Waals surface area contributed by atoms with Gasteiger partial charge < -0.3 is 4.57 Å². The Morgan fingerprint density at radius 1 is 0.846 bits per heavy atom. The van der Waals surface area contributed by atoms with Crippen LogP contribution in [0.15, 0.2) is 91.4 Å². The molecule has 0 saturated heterocycles. The van der Waals surface area contributed by atoms with Crippen LogP contribution in [0.3, 0.4) is 0 Å². The molecule has 0 N–H and O–H groups in total. The fourth-order valence-electron chi connectivity index (χ4n) is 2.88. The number of hydrogen-bond donors (Lipinski definition) is 0. The van der Waals surface area contributed by atoms with Crippen LogP contribution in [0.5, 0.6) is 0 Å². The zero-order valence-corrected chi connectivity index (χ0v) is 13.8. The third-order valence-electron chi connectivity index (χ3n) is 4.19. The number of ketones is 1. The molecular weight excluding hydrogens is 327 g/mol. The minimum atomic E-state index is -0.371. The van der Waals surface area contributed by atoms with Crippen LogP contribution >= 0.6 is 0 Å². The van der Waals surface area contributed by atoms with E-state index in [2.05, 4.69) is 4.98 Å². The summed E-state index contributed by atoms with van der Waals surface area (Å²) in [7, 11) is 0. The number of imidazole rings is 1. The van der Waals surface area contributed by atoms with Gasteiger partial charge in [0.25, 0.3) is 0 Å². The molecule has 0 bridgehead atoms. The molecule has 0 aliphatic carbocycles. The predicted molar refractivity (Wildman–Crippen MR) is 98.8 cm³/mol. The first-order chi connectivity index (χ1) is 12.7. The first kappa shape index (κ1) is 16.0. The first-order valence-electron chi connectivity index (χ1n) is 8.21. The van der Waals surface area contributed by atoms with E-state index >= 15 is 0 Å². The molecule has 0 amide bonds. The molecular formula is C22H15FN2O. The lowest BCUT2D eigenvalue weighted by atomic mass is 10.0. The standard InChI is InChI=1S/C22H15FN2O/c23-18-12-10-17(11-13-18)22(26)20-14-25(15-24-20)21-9-5-4-8-19(21)16-6-2-1-3-7-16/h1-15H. The summed E-state index contributed by atoms with van der Waals surface area (Å²) >= 11 is 0. The van der Waals surface area contributed by atoms with Crippen molar-refractivity contribution in [3.8, 4) is 16.8 Å². The van der Waals surface area contributed by atoms with E-state index in [1.807, 2.05) is 59.2 Å². The highest BCUT2D eigenvalue weighted by atomic mass is 19.1. The van der Waals surface area contributed by atoms with Gasteiger partial charge in [0.05, 0.1) is 5.69 Å². The summed E-state index contributed by atoms with van der Waals surface area (Å²) in [5.41, 5.74) is 3.80. The average Bonchev–Trinajstić information content (AvgIpc) is 3.19. The zero-order valence-electron chi connectivity index (χ0n) is 13.8. The van der Waals surface area contributed by atoms with Crippen LogP contribution in [0.4, 0.5) is 4.39 Å². The molecule has 26 heavy (non-hydrogen) atoms. The van der Waals surface area contributed by atoms with Crippen LogP contribution in [-0.2, 0) is 0 Å². The van der Waals surface area contributed by atoms with Crippen molar-refractivity contribution in [1.29, 1.82) is 0 Å². The molecule has 126 valence electrons. The molecule has 0 aliphatic rings. The molecule has 0 fully saturated rings. The lowest BCUT2D eigenvalue weighted by Crippen LogP contribution is -2.01. The lowest BCUT2D eigenvalue weighted by molar-refractivity contribution is 0.103. The summed E-state index contributed by atoms with van der Waals surface area (Å²) in [5.74, 6) is -0.607. The molecule has 3 nitrogen and oxygen atoms in total. The van der Waals surface area contributed by atoms with Crippen molar-refractivity contribution in [2.75, 3.05) is 0 Å². The van der Waals surface area contributed by atoms with Crippen molar-refractivity contribution < 1.29 is 9.18 Å². The van der Waals surface area contributed by atoms with E-state index in [-0.39, 0.29) is 11.6 Å². The molecule has 0 radical (unpaired) electrons. The van der Waals surface area contributed by atoms with Crippen molar-refractivity contribution in [3.63, 3.8) is 0 Å². The Morgan fingerprint density at radius 3 is 2.31 bits per heavy atom. The van der Waals surface area contributed by atoms with E-state index in [0.29, 0.717) is 11.3 Å². The van der Waals surface area contributed by atoms with E-state index in [1.165, 1.54) is 24.3 Å². The van der Waals surface area contributed by atoms with Gasteiger partial charge in [0.15, 0.2) is 0 Å². The molecule has 4 heteroatoms. The molecule has 0 atom stereocenters. The average molecular weight is 342 g/mol. The van der Waals surface area contributed by atoms with Gasteiger partial charge in [0.1, 0.15) is 17.8 Å². The first-order valence-corrected chi connectivity index (χ1v) is 8.21. The second kappa shape index (κ2) is 6.76. The van der Waals surface area contributed by atoms with Crippen LogP contribution < -0.4 is 0 Å². The summed E-state index contributed by atoms with van der Waals surface area (Å²) in [6, 6.07) is 23.5. The van der Waals surface area contributed by atoms with Crippen molar-refractivity contribution in [2.45, 2.75) is 0 Å². The lowest BCUT2D eigenvalue weighted by Gasteiger charge is -2.10. The number of hydrogen-bond acceptors (Lipinski definition) is 2. The maximum Gasteiger partial charge on any atom is 0.212 e. The molecule has 3 aromatic carbocycles. The minimum Gasteiger partial charge on any atom is -0.305 e. The highest BCUT2D eigenvalue weighted by molar-refractivity contribution is 6.07. The van der Waals surface area contributed by atoms with Crippen LogP contribution in [-0.4, -0.2) is 15.3 Å². The topological polar surface area (TPSA) is 34.9 Å². The fourth-order valence-corrected chi connectivity index (χ4v) is 2.88. The van der Waals surface area contributed by atoms with Crippen molar-refractivity contribution >= 4 is 5.78 Å². The molecule has 1 heterocycles. The van der Waals surface area contributed by atoms with Gasteiger partial charge >= 0.3 is 0 Å². The largest absolute Gasteiger partial charge is 0.305 e. The Morgan fingerprint density at radius 2 is 1.54 bits per heavy atom. The molecule has 4 aromatic rings. The van der Waals surface area contributed by atoms with Gasteiger partial charge in [-0.15, -0.1) is 0 Å². The van der Waals surface area contributed by atoms with Gasteiger partial charge in [-0.1, -0.05) is 48.5 Å². The van der Waals surface area contributed by atoms with Crippen LogP contribution in [0.2, 0.25) is 0 Å². The third-order valence-corrected chi connectivity index (χ3v) is 4.19. The van der Waals surface area contributed by atoms with Gasteiger partial charge in [-0.3, -0.25) is 4.79 Å². The number of rotatable bonds is 4. The number of benzene rings is 3. The highest BCUT2D eigenvalue weighted by Gasteiger charge is 2.14. The number of para-hydroxylation sites is 1. The summed E-state index contributed by atoms with van der Waals surface area (Å²) in [6.45, 7) is 0. The summed E-state index contributed by atoms with van der Waals surface area (Å²) in [5, 5.41) is 0. The zero-order chi connectivity index (χ0) is 17.9. The van der Waals surface area contributed by atoms with Crippen molar-refractivity contribution in [1.82, 2.24) is 9.55 Å².